The largest absolute Gasteiger partial charge is 0.489 e. The highest BCUT2D eigenvalue weighted by molar-refractivity contribution is 6.32. The molecule has 0 unspecified atom stereocenters. The lowest BCUT2D eigenvalue weighted by Gasteiger charge is -2.14. The van der Waals surface area contributed by atoms with E-state index in [1.165, 1.54) is 18.9 Å². The molecule has 2 aromatic rings. The van der Waals surface area contributed by atoms with E-state index in [2.05, 4.69) is 5.16 Å². The standard InChI is InChI=1S/C15H14ClNO4/c16-11-7-9(14-8-12(15(18)19)17-21-14)5-6-13(11)20-10-3-1-2-4-10/h5-8,10H,1-4H2,(H,18,19). The van der Waals surface area contributed by atoms with Crippen LogP contribution in [-0.2, 0) is 0 Å². The fourth-order valence-electron chi connectivity index (χ4n) is 2.45. The lowest BCUT2D eigenvalue weighted by Crippen LogP contribution is -2.10. The first-order valence-electron chi connectivity index (χ1n) is 6.80. The van der Waals surface area contributed by atoms with Crippen molar-refractivity contribution in [2.45, 2.75) is 31.8 Å². The second-order valence-electron chi connectivity index (χ2n) is 5.05. The van der Waals surface area contributed by atoms with Crippen LogP contribution >= 0.6 is 11.6 Å². The number of rotatable bonds is 4. The van der Waals surface area contributed by atoms with Crippen LogP contribution in [0.1, 0.15) is 36.2 Å². The van der Waals surface area contributed by atoms with Gasteiger partial charge in [-0.05, 0) is 43.9 Å². The molecule has 0 amide bonds. The molecule has 0 aliphatic heterocycles. The van der Waals surface area contributed by atoms with Gasteiger partial charge in [-0.2, -0.15) is 0 Å². The SMILES string of the molecule is O=C(O)c1cc(-c2ccc(OC3CCCC3)c(Cl)c2)on1. The molecular weight excluding hydrogens is 294 g/mol. The minimum atomic E-state index is -1.13. The Morgan fingerprint density at radius 2 is 2.10 bits per heavy atom. The summed E-state index contributed by atoms with van der Waals surface area (Å²) in [7, 11) is 0. The second kappa shape index (κ2) is 5.77. The molecule has 1 aromatic carbocycles. The molecular formula is C15H14ClNO4. The molecule has 1 saturated carbocycles. The van der Waals surface area contributed by atoms with Crippen molar-refractivity contribution < 1.29 is 19.2 Å². The van der Waals surface area contributed by atoms with Gasteiger partial charge in [-0.1, -0.05) is 16.8 Å². The number of carboxylic acid groups (broad SMARTS) is 1. The fraction of sp³-hybridized carbons (Fsp3) is 0.333. The zero-order valence-corrected chi connectivity index (χ0v) is 12.0. The van der Waals surface area contributed by atoms with Crippen molar-refractivity contribution in [3.63, 3.8) is 0 Å². The Kier molecular flexibility index (Phi) is 3.84. The normalized spacial score (nSPS) is 15.3. The third-order valence-electron chi connectivity index (χ3n) is 3.54. The highest BCUT2D eigenvalue weighted by Crippen LogP contribution is 2.33. The Bertz CT molecular complexity index is 661. The average molecular weight is 308 g/mol. The van der Waals surface area contributed by atoms with Crippen molar-refractivity contribution in [2.75, 3.05) is 0 Å². The van der Waals surface area contributed by atoms with Crippen molar-refractivity contribution in [3.8, 4) is 17.1 Å². The number of nitrogens with zero attached hydrogens (tertiary/aromatic N) is 1. The van der Waals surface area contributed by atoms with E-state index in [4.69, 9.17) is 26.0 Å². The maximum Gasteiger partial charge on any atom is 0.358 e. The van der Waals surface area contributed by atoms with Crippen molar-refractivity contribution in [1.29, 1.82) is 0 Å². The summed E-state index contributed by atoms with van der Waals surface area (Å²) in [6, 6.07) is 6.62. The van der Waals surface area contributed by atoms with E-state index in [1.807, 2.05) is 0 Å². The molecule has 1 fully saturated rings. The number of benzene rings is 1. The van der Waals surface area contributed by atoms with Crippen LogP contribution in [0.4, 0.5) is 0 Å². The monoisotopic (exact) mass is 307 g/mol. The number of halogens is 1. The van der Waals surface area contributed by atoms with Crippen LogP contribution in [0.25, 0.3) is 11.3 Å². The average Bonchev–Trinajstić information content (AvgIpc) is 3.12. The summed E-state index contributed by atoms with van der Waals surface area (Å²) in [6.45, 7) is 0. The van der Waals surface area contributed by atoms with Gasteiger partial charge in [0.05, 0.1) is 11.1 Å². The summed E-state index contributed by atoms with van der Waals surface area (Å²) in [5, 5.41) is 12.8. The van der Waals surface area contributed by atoms with Crippen LogP contribution in [0, 0.1) is 0 Å². The molecule has 1 aromatic heterocycles. The molecule has 1 aliphatic rings. The highest BCUT2D eigenvalue weighted by atomic mass is 35.5. The molecule has 3 rings (SSSR count). The molecule has 1 heterocycles. The minimum absolute atomic E-state index is 0.132. The lowest BCUT2D eigenvalue weighted by atomic mass is 10.1. The van der Waals surface area contributed by atoms with Crippen molar-refractivity contribution >= 4 is 17.6 Å². The Morgan fingerprint density at radius 1 is 1.33 bits per heavy atom. The summed E-state index contributed by atoms with van der Waals surface area (Å²) in [4.78, 5) is 10.8. The number of carbonyl (C=O) groups is 1. The van der Waals surface area contributed by atoms with E-state index in [0.717, 1.165) is 12.8 Å². The maximum atomic E-state index is 10.8. The van der Waals surface area contributed by atoms with Crippen LogP contribution in [0.2, 0.25) is 5.02 Å². The van der Waals surface area contributed by atoms with Gasteiger partial charge in [0.1, 0.15) is 5.75 Å². The molecule has 0 spiro atoms. The molecule has 0 radical (unpaired) electrons. The summed E-state index contributed by atoms with van der Waals surface area (Å²) in [5.74, 6) is -0.121. The number of aromatic nitrogens is 1. The number of hydrogen-bond acceptors (Lipinski definition) is 4. The fourth-order valence-corrected chi connectivity index (χ4v) is 2.67. The number of hydrogen-bond donors (Lipinski definition) is 1. The van der Waals surface area contributed by atoms with E-state index < -0.39 is 5.97 Å². The Hall–Kier alpha value is -2.01. The maximum absolute atomic E-state index is 10.8. The molecule has 6 heteroatoms. The summed E-state index contributed by atoms with van der Waals surface area (Å²) in [5.41, 5.74) is 0.533. The van der Waals surface area contributed by atoms with Crippen LogP contribution in [0.15, 0.2) is 28.8 Å². The molecule has 0 saturated heterocycles. The van der Waals surface area contributed by atoms with Gasteiger partial charge in [-0.25, -0.2) is 4.79 Å². The van der Waals surface area contributed by atoms with Gasteiger partial charge in [0.25, 0.3) is 0 Å². The number of ether oxygens (including phenoxy) is 1. The zero-order chi connectivity index (χ0) is 14.8. The Morgan fingerprint density at radius 3 is 2.71 bits per heavy atom. The quantitative estimate of drug-likeness (QED) is 0.923. The third kappa shape index (κ3) is 3.03. The molecule has 21 heavy (non-hydrogen) atoms. The second-order valence-corrected chi connectivity index (χ2v) is 5.46. The smallest absolute Gasteiger partial charge is 0.358 e. The van der Waals surface area contributed by atoms with Gasteiger partial charge in [0.2, 0.25) is 0 Å². The third-order valence-corrected chi connectivity index (χ3v) is 3.84. The van der Waals surface area contributed by atoms with E-state index in [9.17, 15) is 4.79 Å². The van der Waals surface area contributed by atoms with Gasteiger partial charge < -0.3 is 14.4 Å². The zero-order valence-electron chi connectivity index (χ0n) is 11.2. The Labute approximate surface area is 126 Å². The topological polar surface area (TPSA) is 72.6 Å². The summed E-state index contributed by atoms with van der Waals surface area (Å²) in [6.07, 6.45) is 4.73. The first-order valence-corrected chi connectivity index (χ1v) is 7.18. The van der Waals surface area contributed by atoms with Crippen LogP contribution in [0.3, 0.4) is 0 Å². The molecule has 5 nitrogen and oxygen atoms in total. The predicted molar refractivity (Wildman–Crippen MR) is 76.8 cm³/mol. The predicted octanol–water partition coefficient (Wildman–Crippen LogP) is 4.01. The van der Waals surface area contributed by atoms with Gasteiger partial charge in [0, 0.05) is 11.6 Å². The molecule has 0 bridgehead atoms. The lowest BCUT2D eigenvalue weighted by molar-refractivity contribution is 0.0686. The summed E-state index contributed by atoms with van der Waals surface area (Å²) < 4.78 is 10.9. The molecule has 1 aliphatic carbocycles. The molecule has 0 atom stereocenters. The first-order chi connectivity index (χ1) is 10.1. The van der Waals surface area contributed by atoms with Crippen molar-refractivity contribution in [1.82, 2.24) is 5.16 Å². The van der Waals surface area contributed by atoms with Crippen LogP contribution < -0.4 is 4.74 Å². The van der Waals surface area contributed by atoms with Crippen molar-refractivity contribution in [2.24, 2.45) is 0 Å². The molecule has 110 valence electrons. The minimum Gasteiger partial charge on any atom is -0.489 e. The first kappa shape index (κ1) is 13.9. The van der Waals surface area contributed by atoms with E-state index in [-0.39, 0.29) is 11.8 Å². The van der Waals surface area contributed by atoms with Crippen LogP contribution in [-0.4, -0.2) is 22.3 Å². The van der Waals surface area contributed by atoms with Crippen molar-refractivity contribution in [3.05, 3.63) is 35.0 Å². The van der Waals surface area contributed by atoms with E-state index in [0.29, 0.717) is 22.1 Å². The number of aromatic carboxylic acids is 1. The summed E-state index contributed by atoms with van der Waals surface area (Å²) >= 11 is 6.22. The Balaban J connectivity index is 1.80. The van der Waals surface area contributed by atoms with Gasteiger partial charge >= 0.3 is 5.97 Å². The molecule has 1 N–H and O–H groups in total. The van der Waals surface area contributed by atoms with Gasteiger partial charge in [-0.15, -0.1) is 0 Å². The van der Waals surface area contributed by atoms with Gasteiger partial charge in [-0.3, -0.25) is 0 Å². The van der Waals surface area contributed by atoms with E-state index >= 15 is 0 Å². The van der Waals surface area contributed by atoms with Gasteiger partial charge in [0.15, 0.2) is 11.5 Å². The van der Waals surface area contributed by atoms with E-state index in [1.54, 1.807) is 18.2 Å². The number of carboxylic acids is 1. The van der Waals surface area contributed by atoms with Crippen LogP contribution in [0.5, 0.6) is 5.75 Å². The highest BCUT2D eigenvalue weighted by Gasteiger charge is 2.18.